The number of benzene rings is 2. The third-order valence-corrected chi connectivity index (χ3v) is 4.09. The summed E-state index contributed by atoms with van der Waals surface area (Å²) < 4.78 is 0. The molecule has 1 heterocycles. The molecule has 0 aliphatic rings. The summed E-state index contributed by atoms with van der Waals surface area (Å²) in [5.41, 5.74) is 7.83. The highest BCUT2D eigenvalue weighted by Gasteiger charge is 2.12. The van der Waals surface area contributed by atoms with Gasteiger partial charge < -0.3 is 16.4 Å². The maximum Gasteiger partial charge on any atom is 0.270 e. The number of carbonyl (C=O) groups is 2. The maximum atomic E-state index is 12.3. The fourth-order valence-corrected chi connectivity index (χ4v) is 2.53. The third kappa shape index (κ3) is 4.92. The molecule has 9 nitrogen and oxygen atoms in total. The van der Waals surface area contributed by atoms with Crippen molar-refractivity contribution in [3.8, 4) is 0 Å². The molecule has 0 saturated heterocycles. The van der Waals surface area contributed by atoms with Crippen molar-refractivity contribution in [1.29, 1.82) is 0 Å². The quantitative estimate of drug-likeness (QED) is 0.436. The zero-order valence-corrected chi connectivity index (χ0v) is 15.2. The molecule has 1 aromatic heterocycles. The van der Waals surface area contributed by atoms with Gasteiger partial charge in [-0.25, -0.2) is 0 Å². The van der Waals surface area contributed by atoms with Crippen molar-refractivity contribution in [2.45, 2.75) is 6.54 Å². The molecule has 9 heteroatoms. The Kier molecular flexibility index (Phi) is 5.79. The van der Waals surface area contributed by atoms with Crippen molar-refractivity contribution in [3.63, 3.8) is 0 Å². The van der Waals surface area contributed by atoms with Gasteiger partial charge in [0.15, 0.2) is 0 Å². The van der Waals surface area contributed by atoms with Gasteiger partial charge in [0.05, 0.1) is 22.5 Å². The zero-order chi connectivity index (χ0) is 20.8. The molecule has 0 saturated carbocycles. The number of pyridine rings is 1. The molecule has 0 radical (unpaired) electrons. The number of hydrogen-bond donors (Lipinski definition) is 3. The summed E-state index contributed by atoms with van der Waals surface area (Å²) in [5, 5.41) is 16.2. The summed E-state index contributed by atoms with van der Waals surface area (Å²) >= 11 is 0. The molecule has 0 bridgehead atoms. The smallest absolute Gasteiger partial charge is 0.270 e. The molecular weight excluding hydrogens is 374 g/mol. The van der Waals surface area contributed by atoms with Gasteiger partial charge in [0.1, 0.15) is 0 Å². The van der Waals surface area contributed by atoms with Crippen molar-refractivity contribution in [2.75, 3.05) is 11.1 Å². The number of nitrogens with one attached hydrogen (secondary N) is 2. The zero-order valence-electron chi connectivity index (χ0n) is 15.2. The fraction of sp³-hybridized carbons (Fsp3) is 0.0500. The van der Waals surface area contributed by atoms with Crippen molar-refractivity contribution < 1.29 is 14.5 Å². The van der Waals surface area contributed by atoms with Crippen LogP contribution in [0.1, 0.15) is 26.3 Å². The lowest BCUT2D eigenvalue weighted by Crippen LogP contribution is -2.22. The van der Waals surface area contributed by atoms with E-state index in [1.165, 1.54) is 36.7 Å². The highest BCUT2D eigenvalue weighted by molar-refractivity contribution is 6.05. The Morgan fingerprint density at radius 2 is 1.79 bits per heavy atom. The molecule has 4 N–H and O–H groups in total. The molecule has 0 atom stereocenters. The minimum absolute atomic E-state index is 0.150. The van der Waals surface area contributed by atoms with Crippen molar-refractivity contribution in [1.82, 2.24) is 10.3 Å². The average molecular weight is 391 g/mol. The van der Waals surface area contributed by atoms with Gasteiger partial charge in [-0.1, -0.05) is 18.2 Å². The number of aromatic nitrogens is 1. The van der Waals surface area contributed by atoms with Crippen LogP contribution in [0.2, 0.25) is 0 Å². The molecule has 0 aliphatic carbocycles. The number of hydrogen-bond acceptors (Lipinski definition) is 6. The number of amides is 2. The Morgan fingerprint density at radius 3 is 2.48 bits per heavy atom. The van der Waals surface area contributed by atoms with E-state index in [9.17, 15) is 19.7 Å². The first-order chi connectivity index (χ1) is 13.9. The standard InChI is InChI=1S/C20H17N5O4/c21-17-12-22-9-8-18(17)24-20(27)14-6-4-13(5-7-14)11-23-19(26)15-2-1-3-16(10-15)25(28)29/h1-10,12H,11,21H2,(H,23,26)(H,22,24,27). The van der Waals surface area contributed by atoms with Crippen LogP contribution in [-0.4, -0.2) is 21.7 Å². The lowest BCUT2D eigenvalue weighted by Gasteiger charge is -2.09. The molecule has 0 fully saturated rings. The number of nitrogens with two attached hydrogens (primary N) is 1. The number of nitro benzene ring substituents is 1. The van der Waals surface area contributed by atoms with E-state index in [4.69, 9.17) is 5.73 Å². The van der Waals surface area contributed by atoms with Crippen LogP contribution in [0.25, 0.3) is 0 Å². The number of nitrogens with zero attached hydrogens (tertiary/aromatic N) is 2. The van der Waals surface area contributed by atoms with Crippen LogP contribution in [0, 0.1) is 10.1 Å². The molecule has 0 unspecified atom stereocenters. The van der Waals surface area contributed by atoms with Gasteiger partial charge in [0.25, 0.3) is 17.5 Å². The van der Waals surface area contributed by atoms with Crippen molar-refractivity contribution in [3.05, 3.63) is 93.8 Å². The van der Waals surface area contributed by atoms with Crippen LogP contribution in [0.3, 0.4) is 0 Å². The van der Waals surface area contributed by atoms with Gasteiger partial charge in [-0.15, -0.1) is 0 Å². The molecule has 3 rings (SSSR count). The predicted molar refractivity (Wildman–Crippen MR) is 107 cm³/mol. The summed E-state index contributed by atoms with van der Waals surface area (Å²) in [6.07, 6.45) is 2.97. The minimum Gasteiger partial charge on any atom is -0.396 e. The second-order valence-electron chi connectivity index (χ2n) is 6.10. The number of nitro groups is 1. The second kappa shape index (κ2) is 8.61. The maximum absolute atomic E-state index is 12.3. The molecular formula is C20H17N5O4. The summed E-state index contributed by atoms with van der Waals surface area (Å²) in [7, 11) is 0. The Morgan fingerprint density at radius 1 is 1.03 bits per heavy atom. The van der Waals surface area contributed by atoms with Crippen molar-refractivity contribution in [2.24, 2.45) is 0 Å². The molecule has 0 aliphatic heterocycles. The first kappa shape index (κ1) is 19.5. The average Bonchev–Trinajstić information content (AvgIpc) is 2.74. The molecule has 146 valence electrons. The van der Waals surface area contributed by atoms with Crippen LogP contribution in [-0.2, 0) is 6.54 Å². The Bertz CT molecular complexity index is 1070. The van der Waals surface area contributed by atoms with Gasteiger partial charge >= 0.3 is 0 Å². The lowest BCUT2D eigenvalue weighted by atomic mass is 10.1. The summed E-state index contributed by atoms with van der Waals surface area (Å²) in [6.45, 7) is 0.209. The van der Waals surface area contributed by atoms with E-state index < -0.39 is 10.8 Å². The predicted octanol–water partition coefficient (Wildman–Crippen LogP) is 2.75. The lowest BCUT2D eigenvalue weighted by molar-refractivity contribution is -0.384. The van der Waals surface area contributed by atoms with Gasteiger partial charge in [-0.2, -0.15) is 0 Å². The van der Waals surface area contributed by atoms with E-state index in [2.05, 4.69) is 15.6 Å². The van der Waals surface area contributed by atoms with E-state index in [0.717, 1.165) is 5.56 Å². The number of nitrogen functional groups attached to an aromatic ring is 1. The fourth-order valence-electron chi connectivity index (χ4n) is 2.53. The van der Waals surface area contributed by atoms with E-state index in [1.54, 1.807) is 30.3 Å². The number of anilines is 2. The minimum atomic E-state index is -0.555. The molecule has 2 aromatic carbocycles. The third-order valence-electron chi connectivity index (χ3n) is 4.09. The number of rotatable bonds is 6. The molecule has 0 spiro atoms. The SMILES string of the molecule is Nc1cnccc1NC(=O)c1ccc(CNC(=O)c2cccc([N+](=O)[O-])c2)cc1. The largest absolute Gasteiger partial charge is 0.396 e. The van der Waals surface area contributed by atoms with Crippen LogP contribution in [0.5, 0.6) is 0 Å². The van der Waals surface area contributed by atoms with Crippen LogP contribution in [0.4, 0.5) is 17.1 Å². The van der Waals surface area contributed by atoms with Crippen LogP contribution in [0.15, 0.2) is 67.0 Å². The molecule has 29 heavy (non-hydrogen) atoms. The summed E-state index contributed by atoms with van der Waals surface area (Å²) in [4.78, 5) is 38.6. The highest BCUT2D eigenvalue weighted by Crippen LogP contribution is 2.17. The van der Waals surface area contributed by atoms with E-state index in [1.807, 2.05) is 0 Å². The van der Waals surface area contributed by atoms with E-state index in [0.29, 0.717) is 16.9 Å². The van der Waals surface area contributed by atoms with Crippen LogP contribution >= 0.6 is 0 Å². The van der Waals surface area contributed by atoms with Crippen molar-refractivity contribution >= 4 is 28.9 Å². The van der Waals surface area contributed by atoms with Gasteiger partial charge in [-0.05, 0) is 29.8 Å². The Labute approximate surface area is 165 Å². The number of non-ortho nitro benzene ring substituents is 1. The Balaban J connectivity index is 1.60. The summed E-state index contributed by atoms with van der Waals surface area (Å²) in [6, 6.07) is 13.8. The number of carbonyl (C=O) groups excluding carboxylic acids is 2. The van der Waals surface area contributed by atoms with E-state index >= 15 is 0 Å². The van der Waals surface area contributed by atoms with Gasteiger partial charge in [0, 0.05) is 36.0 Å². The van der Waals surface area contributed by atoms with Crippen LogP contribution < -0.4 is 16.4 Å². The first-order valence-electron chi connectivity index (χ1n) is 8.56. The second-order valence-corrected chi connectivity index (χ2v) is 6.10. The highest BCUT2D eigenvalue weighted by atomic mass is 16.6. The van der Waals surface area contributed by atoms with Gasteiger partial charge in [-0.3, -0.25) is 24.7 Å². The van der Waals surface area contributed by atoms with E-state index in [-0.39, 0.29) is 23.7 Å². The first-order valence-corrected chi connectivity index (χ1v) is 8.56. The molecule has 3 aromatic rings. The summed E-state index contributed by atoms with van der Waals surface area (Å²) in [5.74, 6) is -0.751. The topological polar surface area (TPSA) is 140 Å². The Hall–Kier alpha value is -4.27. The molecule has 2 amide bonds. The monoisotopic (exact) mass is 391 g/mol. The normalized spacial score (nSPS) is 10.2. The van der Waals surface area contributed by atoms with Gasteiger partial charge in [0.2, 0.25) is 0 Å².